The lowest BCUT2D eigenvalue weighted by Gasteiger charge is -2.12. The second-order valence-electron chi connectivity index (χ2n) is 7.66. The number of hydrogen-bond acceptors (Lipinski definition) is 5. The summed E-state index contributed by atoms with van der Waals surface area (Å²) in [6.07, 6.45) is -1.55. The number of halogens is 4. The first-order valence-electron chi connectivity index (χ1n) is 10.1. The van der Waals surface area contributed by atoms with Gasteiger partial charge in [0.05, 0.1) is 28.7 Å². The average Bonchev–Trinajstić information content (AvgIpc) is 3.38. The van der Waals surface area contributed by atoms with E-state index in [0.29, 0.717) is 34.2 Å². The molecule has 3 aromatic heterocycles. The van der Waals surface area contributed by atoms with Crippen LogP contribution in [0.3, 0.4) is 0 Å². The minimum absolute atomic E-state index is 0.167. The number of fused-ring (bicyclic) bond motifs is 1. The molecule has 5 rings (SSSR count). The topological polar surface area (TPSA) is 73.5 Å². The molecule has 1 N–H and O–H groups in total. The molecule has 0 radical (unpaired) electrons. The Kier molecular flexibility index (Phi) is 5.03. The van der Waals surface area contributed by atoms with Crippen molar-refractivity contribution in [1.29, 1.82) is 0 Å². The SMILES string of the molecule is Cc1ncn(-c2ccc(Nc3cc(C(F)(F)F)cc4c3nc(-c3ccc(F)cc3)n4C)cn2)n1. The van der Waals surface area contributed by atoms with E-state index in [1.54, 1.807) is 30.7 Å². The molecule has 0 amide bonds. The Balaban J connectivity index is 1.59. The van der Waals surface area contributed by atoms with Crippen LogP contribution >= 0.6 is 0 Å². The highest BCUT2D eigenvalue weighted by Crippen LogP contribution is 2.37. The molecule has 0 saturated heterocycles. The third-order valence-electron chi connectivity index (χ3n) is 5.28. The van der Waals surface area contributed by atoms with Crippen molar-refractivity contribution in [2.24, 2.45) is 7.05 Å². The van der Waals surface area contributed by atoms with Crippen LogP contribution in [0.25, 0.3) is 28.2 Å². The van der Waals surface area contributed by atoms with Gasteiger partial charge in [0, 0.05) is 12.6 Å². The molecule has 0 aliphatic heterocycles. The van der Waals surface area contributed by atoms with Gasteiger partial charge in [0.25, 0.3) is 0 Å². The van der Waals surface area contributed by atoms with Crippen LogP contribution in [0, 0.1) is 12.7 Å². The summed E-state index contributed by atoms with van der Waals surface area (Å²) in [6.45, 7) is 1.75. The van der Waals surface area contributed by atoms with Crippen LogP contribution in [0.2, 0.25) is 0 Å². The highest BCUT2D eigenvalue weighted by Gasteiger charge is 2.32. The lowest BCUT2D eigenvalue weighted by Crippen LogP contribution is -2.06. The number of aromatic nitrogens is 6. The van der Waals surface area contributed by atoms with Gasteiger partial charge in [-0.3, -0.25) is 0 Å². The van der Waals surface area contributed by atoms with Crippen LogP contribution in [0.5, 0.6) is 0 Å². The van der Waals surface area contributed by atoms with Crippen molar-refractivity contribution in [3.8, 4) is 17.2 Å². The molecular formula is C23H17F4N7. The summed E-state index contributed by atoms with van der Waals surface area (Å²) in [6, 6.07) is 11.0. The van der Waals surface area contributed by atoms with Crippen LogP contribution in [-0.4, -0.2) is 29.3 Å². The van der Waals surface area contributed by atoms with E-state index < -0.39 is 17.6 Å². The van der Waals surface area contributed by atoms with Gasteiger partial charge in [-0.25, -0.2) is 24.0 Å². The van der Waals surface area contributed by atoms with Gasteiger partial charge in [-0.05, 0) is 55.5 Å². The van der Waals surface area contributed by atoms with Gasteiger partial charge in [0.15, 0.2) is 5.82 Å². The normalized spacial score (nSPS) is 11.8. The largest absolute Gasteiger partial charge is 0.416 e. The number of nitrogens with one attached hydrogen (secondary N) is 1. The summed E-state index contributed by atoms with van der Waals surface area (Å²) in [5.74, 6) is 1.09. The van der Waals surface area contributed by atoms with Crippen LogP contribution < -0.4 is 5.32 Å². The number of imidazole rings is 1. The lowest BCUT2D eigenvalue weighted by molar-refractivity contribution is -0.137. The Hall–Kier alpha value is -4.28. The summed E-state index contributed by atoms with van der Waals surface area (Å²) in [5, 5.41) is 7.18. The van der Waals surface area contributed by atoms with Crippen LogP contribution in [0.4, 0.5) is 28.9 Å². The number of nitrogens with zero attached hydrogens (tertiary/aromatic N) is 6. The number of anilines is 2. The van der Waals surface area contributed by atoms with Crippen molar-refractivity contribution in [2.45, 2.75) is 13.1 Å². The van der Waals surface area contributed by atoms with E-state index in [0.717, 1.165) is 12.1 Å². The highest BCUT2D eigenvalue weighted by molar-refractivity contribution is 5.93. The summed E-state index contributed by atoms with van der Waals surface area (Å²) < 4.78 is 57.4. The Morgan fingerprint density at radius 3 is 2.35 bits per heavy atom. The first kappa shape index (κ1) is 21.6. The van der Waals surface area contributed by atoms with Crippen LogP contribution in [0.1, 0.15) is 11.4 Å². The number of hydrogen-bond donors (Lipinski definition) is 1. The van der Waals surface area contributed by atoms with E-state index in [1.165, 1.54) is 41.5 Å². The van der Waals surface area contributed by atoms with Gasteiger partial charge >= 0.3 is 6.18 Å². The third-order valence-corrected chi connectivity index (χ3v) is 5.28. The van der Waals surface area contributed by atoms with Crippen LogP contribution in [-0.2, 0) is 13.2 Å². The molecule has 11 heteroatoms. The van der Waals surface area contributed by atoms with Gasteiger partial charge in [-0.15, -0.1) is 0 Å². The third kappa shape index (κ3) is 3.96. The highest BCUT2D eigenvalue weighted by atomic mass is 19.4. The van der Waals surface area contributed by atoms with Gasteiger partial charge in [-0.2, -0.15) is 18.3 Å². The predicted molar refractivity (Wildman–Crippen MR) is 118 cm³/mol. The van der Waals surface area contributed by atoms with E-state index >= 15 is 0 Å². The van der Waals surface area contributed by atoms with Gasteiger partial charge in [-0.1, -0.05) is 0 Å². The Morgan fingerprint density at radius 2 is 1.74 bits per heavy atom. The van der Waals surface area contributed by atoms with E-state index in [9.17, 15) is 17.6 Å². The smallest absolute Gasteiger partial charge is 0.352 e. The fourth-order valence-electron chi connectivity index (χ4n) is 3.61. The first-order chi connectivity index (χ1) is 16.2. The zero-order valence-electron chi connectivity index (χ0n) is 18.0. The monoisotopic (exact) mass is 467 g/mol. The second-order valence-corrected chi connectivity index (χ2v) is 7.66. The maximum absolute atomic E-state index is 13.7. The van der Waals surface area contributed by atoms with E-state index in [-0.39, 0.29) is 11.2 Å². The predicted octanol–water partition coefficient (Wildman–Crippen LogP) is 5.43. The maximum Gasteiger partial charge on any atom is 0.416 e. The van der Waals surface area contributed by atoms with Gasteiger partial charge < -0.3 is 9.88 Å². The van der Waals surface area contributed by atoms with E-state index in [2.05, 4.69) is 25.4 Å². The molecule has 0 saturated carbocycles. The summed E-state index contributed by atoms with van der Waals surface area (Å²) in [5.41, 5.74) is 1.01. The molecule has 172 valence electrons. The van der Waals surface area contributed by atoms with Crippen LogP contribution in [0.15, 0.2) is 61.1 Å². The molecule has 0 aliphatic carbocycles. The molecule has 0 spiro atoms. The molecule has 0 fully saturated rings. The standard InChI is InChI=1S/C23H17F4N7/c1-13-29-12-34(32-13)20-8-7-17(11-28-20)30-18-9-15(23(25,26)27)10-19-21(18)31-22(33(19)2)14-3-5-16(24)6-4-14/h3-12,30H,1-2H3. The zero-order chi connectivity index (χ0) is 24.0. The molecule has 5 aromatic rings. The Labute approximate surface area is 190 Å². The lowest BCUT2D eigenvalue weighted by atomic mass is 10.1. The fourth-order valence-corrected chi connectivity index (χ4v) is 3.61. The Morgan fingerprint density at radius 1 is 0.971 bits per heavy atom. The molecule has 0 atom stereocenters. The van der Waals surface area contributed by atoms with Crippen molar-refractivity contribution in [3.05, 3.63) is 78.3 Å². The van der Waals surface area contributed by atoms with Crippen molar-refractivity contribution >= 4 is 22.4 Å². The van der Waals surface area contributed by atoms with Crippen molar-refractivity contribution in [3.63, 3.8) is 0 Å². The minimum Gasteiger partial charge on any atom is -0.352 e. The molecule has 0 unspecified atom stereocenters. The summed E-state index contributed by atoms with van der Waals surface area (Å²) in [4.78, 5) is 12.9. The van der Waals surface area contributed by atoms with E-state index in [4.69, 9.17) is 0 Å². The second kappa shape index (κ2) is 7.94. The molecule has 7 nitrogen and oxygen atoms in total. The maximum atomic E-state index is 13.7. The molecule has 3 heterocycles. The number of aryl methyl sites for hydroxylation is 2. The molecule has 2 aromatic carbocycles. The Bertz CT molecular complexity index is 1480. The molecule has 34 heavy (non-hydrogen) atoms. The molecular weight excluding hydrogens is 450 g/mol. The number of rotatable bonds is 4. The summed E-state index contributed by atoms with van der Waals surface area (Å²) in [7, 11) is 1.62. The number of alkyl halides is 3. The molecule has 0 bridgehead atoms. The summed E-state index contributed by atoms with van der Waals surface area (Å²) >= 11 is 0. The van der Waals surface area contributed by atoms with Crippen molar-refractivity contribution in [2.75, 3.05) is 5.32 Å². The average molecular weight is 467 g/mol. The number of pyridine rings is 1. The molecule has 0 aliphatic rings. The zero-order valence-corrected chi connectivity index (χ0v) is 18.0. The van der Waals surface area contributed by atoms with Gasteiger partial charge in [0.2, 0.25) is 0 Å². The number of benzene rings is 2. The van der Waals surface area contributed by atoms with Crippen molar-refractivity contribution in [1.82, 2.24) is 29.3 Å². The van der Waals surface area contributed by atoms with E-state index in [1.807, 2.05) is 0 Å². The van der Waals surface area contributed by atoms with Gasteiger partial charge in [0.1, 0.15) is 29.3 Å². The van der Waals surface area contributed by atoms with Crippen molar-refractivity contribution < 1.29 is 17.6 Å². The fraction of sp³-hybridized carbons (Fsp3) is 0.130. The quantitative estimate of drug-likeness (QED) is 0.357. The first-order valence-corrected chi connectivity index (χ1v) is 10.1. The minimum atomic E-state index is -4.56.